The Morgan fingerprint density at radius 1 is 0.870 bits per heavy atom. The zero-order chi connectivity index (χ0) is 16.4. The third-order valence-corrected chi connectivity index (χ3v) is 9.29. The largest absolute Gasteiger partial charge is 0.393 e. The maximum absolute atomic E-state index is 10.3. The molecule has 2 heteroatoms. The first-order chi connectivity index (χ1) is 10.9. The summed E-state index contributed by atoms with van der Waals surface area (Å²) < 4.78 is 0. The van der Waals surface area contributed by atoms with Gasteiger partial charge in [0.05, 0.1) is 12.2 Å². The van der Waals surface area contributed by atoms with Crippen molar-refractivity contribution in [3.8, 4) is 0 Å². The fraction of sp³-hybridized carbons (Fsp3) is 1.00. The van der Waals surface area contributed by atoms with E-state index in [0.717, 1.165) is 36.5 Å². The minimum Gasteiger partial charge on any atom is -0.393 e. The Bertz CT molecular complexity index is 461. The van der Waals surface area contributed by atoms with Crippen LogP contribution in [0.15, 0.2) is 0 Å². The Labute approximate surface area is 142 Å². The van der Waals surface area contributed by atoms with E-state index >= 15 is 0 Å². The van der Waals surface area contributed by atoms with Gasteiger partial charge >= 0.3 is 0 Å². The summed E-state index contributed by atoms with van der Waals surface area (Å²) in [6.45, 7) is 7.08. The SMILES string of the molecule is C[C@H](O)[C@@H]1CC[C@H]2[C@@H]3CC[C@H]4C[C@H](O)CC[C@]4(C)[C@H]3CC[C@@]21C. The van der Waals surface area contributed by atoms with Crippen molar-refractivity contribution in [1.82, 2.24) is 0 Å². The Hall–Kier alpha value is -0.0800. The number of aliphatic hydroxyl groups excluding tert-OH is 2. The van der Waals surface area contributed by atoms with Gasteiger partial charge in [0.1, 0.15) is 0 Å². The molecule has 9 atom stereocenters. The van der Waals surface area contributed by atoms with Gasteiger partial charge in [0, 0.05) is 0 Å². The molecule has 132 valence electrons. The molecule has 0 aromatic carbocycles. The van der Waals surface area contributed by atoms with E-state index in [2.05, 4.69) is 13.8 Å². The molecule has 4 fully saturated rings. The first-order valence-electron chi connectivity index (χ1n) is 10.2. The maximum Gasteiger partial charge on any atom is 0.0545 e. The first kappa shape index (κ1) is 16.4. The van der Waals surface area contributed by atoms with E-state index in [1.807, 2.05) is 6.92 Å². The van der Waals surface area contributed by atoms with E-state index in [-0.39, 0.29) is 12.2 Å². The highest BCUT2D eigenvalue weighted by atomic mass is 16.3. The predicted molar refractivity (Wildman–Crippen MR) is 92.9 cm³/mol. The molecule has 4 rings (SSSR count). The highest BCUT2D eigenvalue weighted by Gasteiger charge is 2.60. The quantitative estimate of drug-likeness (QED) is 0.752. The molecule has 2 N–H and O–H groups in total. The second-order valence-corrected chi connectivity index (χ2v) is 10.1. The van der Waals surface area contributed by atoms with E-state index in [1.165, 1.54) is 44.9 Å². The van der Waals surface area contributed by atoms with Crippen molar-refractivity contribution in [2.45, 2.75) is 90.8 Å². The fourth-order valence-electron chi connectivity index (χ4n) is 8.07. The van der Waals surface area contributed by atoms with Gasteiger partial charge in [-0.15, -0.1) is 0 Å². The Morgan fingerprint density at radius 3 is 2.30 bits per heavy atom. The first-order valence-corrected chi connectivity index (χ1v) is 10.2. The average Bonchev–Trinajstić information content (AvgIpc) is 2.85. The number of fused-ring (bicyclic) bond motifs is 5. The summed E-state index contributed by atoms with van der Waals surface area (Å²) in [5.74, 6) is 3.87. The van der Waals surface area contributed by atoms with Crippen LogP contribution in [0, 0.1) is 40.4 Å². The topological polar surface area (TPSA) is 40.5 Å². The fourth-order valence-corrected chi connectivity index (χ4v) is 8.07. The van der Waals surface area contributed by atoms with Gasteiger partial charge < -0.3 is 10.2 Å². The number of hydrogen-bond donors (Lipinski definition) is 2. The molecule has 0 saturated heterocycles. The molecule has 0 heterocycles. The molecule has 0 aliphatic heterocycles. The van der Waals surface area contributed by atoms with E-state index in [9.17, 15) is 10.2 Å². The molecule has 0 aromatic heterocycles. The average molecular weight is 321 g/mol. The zero-order valence-electron chi connectivity index (χ0n) is 15.3. The number of rotatable bonds is 1. The van der Waals surface area contributed by atoms with Gasteiger partial charge in [-0.05, 0) is 105 Å². The van der Waals surface area contributed by atoms with Crippen LogP contribution in [-0.2, 0) is 0 Å². The molecule has 4 saturated carbocycles. The molecule has 0 unspecified atom stereocenters. The molecule has 0 spiro atoms. The van der Waals surface area contributed by atoms with Gasteiger partial charge in [-0.2, -0.15) is 0 Å². The Morgan fingerprint density at radius 2 is 1.57 bits per heavy atom. The molecule has 0 bridgehead atoms. The van der Waals surface area contributed by atoms with E-state index < -0.39 is 0 Å². The number of hydrogen-bond acceptors (Lipinski definition) is 2. The van der Waals surface area contributed by atoms with Crippen molar-refractivity contribution in [2.24, 2.45) is 40.4 Å². The lowest BCUT2D eigenvalue weighted by molar-refractivity contribution is -0.132. The van der Waals surface area contributed by atoms with Crippen molar-refractivity contribution < 1.29 is 10.2 Å². The monoisotopic (exact) mass is 320 g/mol. The smallest absolute Gasteiger partial charge is 0.0545 e. The predicted octanol–water partition coefficient (Wildman–Crippen LogP) is 4.39. The van der Waals surface area contributed by atoms with Gasteiger partial charge in [-0.3, -0.25) is 0 Å². The number of aliphatic hydroxyl groups is 2. The van der Waals surface area contributed by atoms with Crippen LogP contribution in [0.1, 0.15) is 78.6 Å². The van der Waals surface area contributed by atoms with Crippen molar-refractivity contribution in [3.63, 3.8) is 0 Å². The normalized spacial score (nSPS) is 57.3. The van der Waals surface area contributed by atoms with Crippen molar-refractivity contribution in [2.75, 3.05) is 0 Å². The van der Waals surface area contributed by atoms with Crippen LogP contribution in [0.4, 0.5) is 0 Å². The summed E-state index contributed by atoms with van der Waals surface area (Å²) in [7, 11) is 0. The molecular formula is C21H36O2. The molecule has 0 radical (unpaired) electrons. The van der Waals surface area contributed by atoms with Crippen LogP contribution >= 0.6 is 0 Å². The van der Waals surface area contributed by atoms with Crippen molar-refractivity contribution in [1.29, 1.82) is 0 Å². The van der Waals surface area contributed by atoms with Gasteiger partial charge in [0.15, 0.2) is 0 Å². The lowest BCUT2D eigenvalue weighted by atomic mass is 9.44. The third kappa shape index (κ3) is 2.27. The van der Waals surface area contributed by atoms with E-state index in [4.69, 9.17) is 0 Å². The Balaban J connectivity index is 1.60. The van der Waals surface area contributed by atoms with E-state index in [1.54, 1.807) is 0 Å². The zero-order valence-corrected chi connectivity index (χ0v) is 15.3. The van der Waals surface area contributed by atoms with Crippen LogP contribution in [0.2, 0.25) is 0 Å². The lowest BCUT2D eigenvalue weighted by Gasteiger charge is -2.61. The highest BCUT2D eigenvalue weighted by molar-refractivity contribution is 5.09. The lowest BCUT2D eigenvalue weighted by Crippen LogP contribution is -2.54. The van der Waals surface area contributed by atoms with Crippen molar-refractivity contribution >= 4 is 0 Å². The van der Waals surface area contributed by atoms with Gasteiger partial charge in [-0.1, -0.05) is 13.8 Å². The van der Waals surface area contributed by atoms with Crippen LogP contribution in [-0.4, -0.2) is 22.4 Å². The standard InChI is InChI=1S/C21H36O2/c1-13(22)17-6-7-18-16-5-4-14-12-15(23)8-10-20(14,2)19(16)9-11-21(17,18)3/h13-19,22-23H,4-12H2,1-3H3/t13-,14-,15+,16-,17-,18-,19-,20-,21+/m0/s1. The van der Waals surface area contributed by atoms with Gasteiger partial charge in [-0.25, -0.2) is 0 Å². The maximum atomic E-state index is 10.3. The third-order valence-electron chi connectivity index (χ3n) is 9.29. The van der Waals surface area contributed by atoms with E-state index in [0.29, 0.717) is 16.7 Å². The highest BCUT2D eigenvalue weighted by Crippen LogP contribution is 2.67. The summed E-state index contributed by atoms with van der Waals surface area (Å²) in [6, 6.07) is 0. The van der Waals surface area contributed by atoms with Crippen molar-refractivity contribution in [3.05, 3.63) is 0 Å². The molecule has 2 nitrogen and oxygen atoms in total. The molecular weight excluding hydrogens is 284 g/mol. The summed E-state index contributed by atoms with van der Waals surface area (Å²) in [6.07, 6.45) is 11.1. The summed E-state index contributed by atoms with van der Waals surface area (Å²) in [5.41, 5.74) is 0.860. The molecule has 4 aliphatic rings. The summed E-state index contributed by atoms with van der Waals surface area (Å²) in [5, 5.41) is 20.4. The van der Waals surface area contributed by atoms with Gasteiger partial charge in [0.2, 0.25) is 0 Å². The minimum absolute atomic E-state index is 0.0374. The second-order valence-electron chi connectivity index (χ2n) is 10.1. The second kappa shape index (κ2) is 5.46. The molecule has 23 heavy (non-hydrogen) atoms. The molecule has 0 amide bonds. The summed E-state index contributed by atoms with van der Waals surface area (Å²) >= 11 is 0. The molecule has 0 aromatic rings. The molecule has 4 aliphatic carbocycles. The van der Waals surface area contributed by atoms with Crippen LogP contribution < -0.4 is 0 Å². The van der Waals surface area contributed by atoms with Crippen LogP contribution in [0.3, 0.4) is 0 Å². The Kier molecular flexibility index (Phi) is 3.89. The van der Waals surface area contributed by atoms with Crippen LogP contribution in [0.25, 0.3) is 0 Å². The minimum atomic E-state index is -0.140. The van der Waals surface area contributed by atoms with Gasteiger partial charge in [0.25, 0.3) is 0 Å². The van der Waals surface area contributed by atoms with Crippen LogP contribution in [0.5, 0.6) is 0 Å². The summed E-state index contributed by atoms with van der Waals surface area (Å²) in [4.78, 5) is 0.